The lowest BCUT2D eigenvalue weighted by molar-refractivity contribution is 0.222. The number of urea groups is 1. The fourth-order valence-electron chi connectivity index (χ4n) is 4.29. The summed E-state index contributed by atoms with van der Waals surface area (Å²) in [6.45, 7) is 3.98. The zero-order valence-electron chi connectivity index (χ0n) is 16.6. The molecule has 3 aromatic rings. The third kappa shape index (κ3) is 3.14. The van der Waals surface area contributed by atoms with E-state index < -0.39 is 11.6 Å². The molecule has 2 aliphatic heterocycles. The van der Waals surface area contributed by atoms with E-state index in [1.54, 1.807) is 15.6 Å². The van der Waals surface area contributed by atoms with Gasteiger partial charge in [0.2, 0.25) is 0 Å². The third-order valence-corrected chi connectivity index (χ3v) is 5.95. The molecule has 9 heteroatoms. The Morgan fingerprint density at radius 1 is 1.20 bits per heavy atom. The van der Waals surface area contributed by atoms with Gasteiger partial charge in [0.1, 0.15) is 23.1 Å². The van der Waals surface area contributed by atoms with E-state index in [2.05, 4.69) is 10.4 Å². The van der Waals surface area contributed by atoms with Gasteiger partial charge < -0.3 is 15.1 Å². The van der Waals surface area contributed by atoms with Gasteiger partial charge in [-0.2, -0.15) is 5.10 Å². The summed E-state index contributed by atoms with van der Waals surface area (Å²) in [4.78, 5) is 21.0. The van der Waals surface area contributed by atoms with Crippen molar-refractivity contribution in [3.8, 4) is 0 Å². The predicted molar refractivity (Wildman–Crippen MR) is 109 cm³/mol. The van der Waals surface area contributed by atoms with E-state index in [9.17, 15) is 13.6 Å². The van der Waals surface area contributed by atoms with Gasteiger partial charge in [0.05, 0.1) is 12.2 Å². The molecule has 0 radical (unpaired) electrons. The summed E-state index contributed by atoms with van der Waals surface area (Å²) in [5.41, 5.74) is 2.33. The van der Waals surface area contributed by atoms with E-state index in [1.165, 1.54) is 6.07 Å². The lowest BCUT2D eigenvalue weighted by atomic mass is 10.1. The molecule has 1 aromatic carbocycles. The standard InChI is InChI=1S/C21H22F2N6O/c1-13(16-10-15(22)4-5-17(16)23)28-9-6-14-12-29-20(26-19(14)28)18(11-24-29)25-21(30)27-7-2-3-8-27/h4-5,10-13H,2-3,6-9H2,1H3,(H,25,30). The molecule has 156 valence electrons. The molecule has 4 heterocycles. The van der Waals surface area contributed by atoms with Crippen LogP contribution < -0.4 is 10.2 Å². The molecule has 0 aliphatic carbocycles. The second-order valence-electron chi connectivity index (χ2n) is 7.83. The Hall–Kier alpha value is -3.23. The normalized spacial score (nSPS) is 16.9. The van der Waals surface area contributed by atoms with E-state index in [4.69, 9.17) is 4.98 Å². The van der Waals surface area contributed by atoms with Crippen molar-refractivity contribution in [2.45, 2.75) is 32.2 Å². The van der Waals surface area contributed by atoms with Crippen LogP contribution in [0.5, 0.6) is 0 Å². The Morgan fingerprint density at radius 3 is 2.80 bits per heavy atom. The van der Waals surface area contributed by atoms with Gasteiger partial charge in [-0.3, -0.25) is 0 Å². The molecule has 1 fully saturated rings. The second kappa shape index (κ2) is 7.23. The van der Waals surface area contributed by atoms with E-state index in [1.807, 2.05) is 18.0 Å². The number of hydrogen-bond acceptors (Lipinski definition) is 4. The van der Waals surface area contributed by atoms with Crippen molar-refractivity contribution < 1.29 is 13.6 Å². The number of amides is 2. The largest absolute Gasteiger partial charge is 0.349 e. The van der Waals surface area contributed by atoms with Crippen LogP contribution in [0.4, 0.5) is 25.1 Å². The van der Waals surface area contributed by atoms with E-state index >= 15 is 0 Å². The van der Waals surface area contributed by atoms with Crippen molar-refractivity contribution in [2.75, 3.05) is 29.9 Å². The molecule has 0 bridgehead atoms. The monoisotopic (exact) mass is 412 g/mol. The minimum absolute atomic E-state index is 0.156. The highest BCUT2D eigenvalue weighted by Crippen LogP contribution is 2.35. The zero-order valence-corrected chi connectivity index (χ0v) is 16.6. The van der Waals surface area contributed by atoms with Gasteiger partial charge in [0.15, 0.2) is 5.65 Å². The molecule has 1 unspecified atom stereocenters. The fourth-order valence-corrected chi connectivity index (χ4v) is 4.29. The van der Waals surface area contributed by atoms with Crippen molar-refractivity contribution in [1.29, 1.82) is 0 Å². The van der Waals surface area contributed by atoms with Gasteiger partial charge >= 0.3 is 6.03 Å². The minimum Gasteiger partial charge on any atom is -0.349 e. The van der Waals surface area contributed by atoms with Crippen molar-refractivity contribution in [3.63, 3.8) is 0 Å². The summed E-state index contributed by atoms with van der Waals surface area (Å²) in [5, 5.41) is 7.23. The van der Waals surface area contributed by atoms with Crippen LogP contribution in [0.1, 0.15) is 36.9 Å². The average Bonchev–Trinajstić information content (AvgIpc) is 3.48. The van der Waals surface area contributed by atoms with Crippen LogP contribution in [0.15, 0.2) is 30.6 Å². The molecule has 0 spiro atoms. The molecule has 7 nitrogen and oxygen atoms in total. The Labute approximate surface area is 172 Å². The number of hydrogen-bond donors (Lipinski definition) is 1. The maximum absolute atomic E-state index is 14.3. The van der Waals surface area contributed by atoms with Crippen molar-refractivity contribution >= 4 is 23.2 Å². The highest BCUT2D eigenvalue weighted by molar-refractivity contribution is 5.93. The Kier molecular flexibility index (Phi) is 4.52. The molecule has 1 saturated heterocycles. The number of likely N-dealkylation sites (tertiary alicyclic amines) is 1. The van der Waals surface area contributed by atoms with Gasteiger partial charge in [0.25, 0.3) is 0 Å². The van der Waals surface area contributed by atoms with Crippen LogP contribution in [-0.2, 0) is 6.42 Å². The number of anilines is 2. The SMILES string of the molecule is CC(c1cc(F)ccc1F)N1CCc2cn3ncc(NC(=O)N4CCCC4)c3nc21. The first kappa shape index (κ1) is 18.8. The lowest BCUT2D eigenvalue weighted by Gasteiger charge is -2.27. The van der Waals surface area contributed by atoms with E-state index in [0.29, 0.717) is 29.3 Å². The molecule has 2 aromatic heterocycles. The number of halogens is 2. The summed E-state index contributed by atoms with van der Waals surface area (Å²) in [6, 6.07) is 2.96. The fraction of sp³-hybridized carbons (Fsp3) is 0.381. The summed E-state index contributed by atoms with van der Waals surface area (Å²) in [6.07, 6.45) is 6.23. The number of nitrogens with zero attached hydrogens (tertiary/aromatic N) is 5. The van der Waals surface area contributed by atoms with Gasteiger partial charge in [-0.05, 0) is 44.4 Å². The number of benzene rings is 1. The molecule has 2 amide bonds. The first-order valence-electron chi connectivity index (χ1n) is 10.2. The molecule has 2 aliphatic rings. The van der Waals surface area contributed by atoms with E-state index in [-0.39, 0.29) is 12.1 Å². The maximum Gasteiger partial charge on any atom is 0.321 e. The van der Waals surface area contributed by atoms with E-state index in [0.717, 1.165) is 50.0 Å². The van der Waals surface area contributed by atoms with Gasteiger partial charge in [-0.1, -0.05) is 0 Å². The Bertz CT molecular complexity index is 1120. The number of aromatic nitrogens is 3. The van der Waals surface area contributed by atoms with Gasteiger partial charge in [-0.25, -0.2) is 23.1 Å². The topological polar surface area (TPSA) is 65.8 Å². The summed E-state index contributed by atoms with van der Waals surface area (Å²) >= 11 is 0. The van der Waals surface area contributed by atoms with Crippen LogP contribution in [-0.4, -0.2) is 45.2 Å². The summed E-state index contributed by atoms with van der Waals surface area (Å²) < 4.78 is 29.7. The first-order chi connectivity index (χ1) is 14.5. The quantitative estimate of drug-likeness (QED) is 0.712. The first-order valence-corrected chi connectivity index (χ1v) is 10.2. The van der Waals surface area contributed by atoms with Crippen molar-refractivity contribution in [1.82, 2.24) is 19.5 Å². The Balaban J connectivity index is 1.47. The van der Waals surface area contributed by atoms with Crippen LogP contribution in [0.2, 0.25) is 0 Å². The second-order valence-corrected chi connectivity index (χ2v) is 7.83. The predicted octanol–water partition coefficient (Wildman–Crippen LogP) is 3.76. The zero-order chi connectivity index (χ0) is 20.8. The molecule has 30 heavy (non-hydrogen) atoms. The van der Waals surface area contributed by atoms with Gasteiger partial charge in [-0.15, -0.1) is 0 Å². The third-order valence-electron chi connectivity index (χ3n) is 5.95. The smallest absolute Gasteiger partial charge is 0.321 e. The van der Waals surface area contributed by atoms with Crippen LogP contribution in [0.25, 0.3) is 5.65 Å². The average molecular weight is 412 g/mol. The number of carbonyl (C=O) groups is 1. The number of fused-ring (bicyclic) bond motifs is 2. The van der Waals surface area contributed by atoms with Crippen LogP contribution in [0, 0.1) is 11.6 Å². The van der Waals surface area contributed by atoms with Crippen molar-refractivity contribution in [2.24, 2.45) is 0 Å². The minimum atomic E-state index is -0.469. The Morgan fingerprint density at radius 2 is 2.00 bits per heavy atom. The molecule has 5 rings (SSSR count). The summed E-state index contributed by atoms with van der Waals surface area (Å²) in [7, 11) is 0. The van der Waals surface area contributed by atoms with Crippen LogP contribution >= 0.6 is 0 Å². The van der Waals surface area contributed by atoms with Crippen LogP contribution in [0.3, 0.4) is 0 Å². The highest BCUT2D eigenvalue weighted by atomic mass is 19.1. The molecule has 1 atom stereocenters. The molecular weight excluding hydrogens is 390 g/mol. The molecule has 1 N–H and O–H groups in total. The van der Waals surface area contributed by atoms with Crippen molar-refractivity contribution in [3.05, 3.63) is 53.4 Å². The highest BCUT2D eigenvalue weighted by Gasteiger charge is 2.29. The maximum atomic E-state index is 14.3. The number of rotatable bonds is 3. The number of nitrogens with one attached hydrogen (secondary N) is 1. The van der Waals surface area contributed by atoms with Gasteiger partial charge in [0, 0.05) is 37.0 Å². The summed E-state index contributed by atoms with van der Waals surface area (Å²) in [5.74, 6) is -0.207. The molecular formula is C21H22F2N6O. The molecule has 0 saturated carbocycles. The number of carbonyl (C=O) groups excluding carboxylic acids is 1. The lowest BCUT2D eigenvalue weighted by Crippen LogP contribution is -2.32.